The standard InChI is InChI=1S/C19H14ClFN6OS/c1-10-3-8-14(9-15(10)21)27-11(2)16(24-26-27)17-22-19(29-25-17)23-18(28)12-4-6-13(20)7-5-12/h3-9H,1-2H3,(H,22,23,25,28). The second-order valence-electron chi connectivity index (χ2n) is 6.25. The van der Waals surface area contributed by atoms with Crippen molar-refractivity contribution in [2.45, 2.75) is 13.8 Å². The smallest absolute Gasteiger partial charge is 0.257 e. The second kappa shape index (κ2) is 7.69. The predicted octanol–water partition coefficient (Wildman–Crippen LogP) is 4.45. The summed E-state index contributed by atoms with van der Waals surface area (Å²) in [7, 11) is 0. The zero-order valence-electron chi connectivity index (χ0n) is 15.3. The van der Waals surface area contributed by atoms with Gasteiger partial charge in [-0.3, -0.25) is 10.1 Å². The largest absolute Gasteiger partial charge is 0.297 e. The van der Waals surface area contributed by atoms with Crippen LogP contribution < -0.4 is 5.32 Å². The lowest BCUT2D eigenvalue weighted by molar-refractivity contribution is 0.102. The van der Waals surface area contributed by atoms with Gasteiger partial charge in [0.05, 0.1) is 11.4 Å². The molecule has 0 bridgehead atoms. The highest BCUT2D eigenvalue weighted by Gasteiger charge is 2.18. The molecule has 0 radical (unpaired) electrons. The minimum atomic E-state index is -0.321. The first kappa shape index (κ1) is 19.2. The van der Waals surface area contributed by atoms with Gasteiger partial charge in [0.25, 0.3) is 5.91 Å². The van der Waals surface area contributed by atoms with E-state index in [1.165, 1.54) is 10.7 Å². The van der Waals surface area contributed by atoms with Crippen molar-refractivity contribution in [3.05, 3.63) is 70.1 Å². The van der Waals surface area contributed by atoms with Crippen LogP contribution in [0, 0.1) is 19.7 Å². The fourth-order valence-electron chi connectivity index (χ4n) is 2.64. The van der Waals surface area contributed by atoms with E-state index in [0.29, 0.717) is 44.2 Å². The number of carbonyl (C=O) groups is 1. The molecular weight excluding hydrogens is 415 g/mol. The van der Waals surface area contributed by atoms with Gasteiger partial charge in [-0.05, 0) is 55.8 Å². The molecule has 0 unspecified atom stereocenters. The molecule has 0 spiro atoms. The predicted molar refractivity (Wildman–Crippen MR) is 109 cm³/mol. The van der Waals surface area contributed by atoms with Crippen LogP contribution in [0.25, 0.3) is 17.2 Å². The maximum absolute atomic E-state index is 13.9. The summed E-state index contributed by atoms with van der Waals surface area (Å²) in [6.45, 7) is 3.48. The molecule has 4 rings (SSSR count). The molecule has 2 heterocycles. The SMILES string of the molecule is Cc1ccc(-n2nnc(-c3nsc(NC(=O)c4ccc(Cl)cc4)n3)c2C)cc1F. The van der Waals surface area contributed by atoms with E-state index in [1.54, 1.807) is 50.2 Å². The van der Waals surface area contributed by atoms with Gasteiger partial charge in [0, 0.05) is 22.1 Å². The fourth-order valence-corrected chi connectivity index (χ4v) is 3.33. The summed E-state index contributed by atoms with van der Waals surface area (Å²) in [6, 6.07) is 11.3. The summed E-state index contributed by atoms with van der Waals surface area (Å²) in [4.78, 5) is 16.6. The van der Waals surface area contributed by atoms with Gasteiger partial charge in [0.15, 0.2) is 11.5 Å². The Bertz CT molecular complexity index is 1200. The third-order valence-corrected chi connectivity index (χ3v) is 5.14. The molecular formula is C19H14ClFN6OS. The van der Waals surface area contributed by atoms with E-state index in [4.69, 9.17) is 11.6 Å². The van der Waals surface area contributed by atoms with Gasteiger partial charge < -0.3 is 0 Å². The lowest BCUT2D eigenvalue weighted by Gasteiger charge is -2.04. The highest BCUT2D eigenvalue weighted by atomic mass is 35.5. The first-order valence-electron chi connectivity index (χ1n) is 8.52. The van der Waals surface area contributed by atoms with Gasteiger partial charge in [-0.1, -0.05) is 22.9 Å². The van der Waals surface area contributed by atoms with E-state index in [0.717, 1.165) is 11.5 Å². The van der Waals surface area contributed by atoms with Crippen molar-refractivity contribution >= 4 is 34.2 Å². The number of aromatic nitrogens is 5. The van der Waals surface area contributed by atoms with Crippen molar-refractivity contribution < 1.29 is 9.18 Å². The number of nitrogens with one attached hydrogen (secondary N) is 1. The van der Waals surface area contributed by atoms with Crippen molar-refractivity contribution in [3.63, 3.8) is 0 Å². The lowest BCUT2D eigenvalue weighted by Crippen LogP contribution is -2.11. The van der Waals surface area contributed by atoms with Gasteiger partial charge in [0.2, 0.25) is 5.13 Å². The van der Waals surface area contributed by atoms with Crippen LogP contribution in [0.2, 0.25) is 5.02 Å². The minimum absolute atomic E-state index is 0.320. The fraction of sp³-hybridized carbons (Fsp3) is 0.105. The molecule has 0 atom stereocenters. The molecule has 4 aromatic rings. The summed E-state index contributed by atoms with van der Waals surface area (Å²) >= 11 is 6.87. The highest BCUT2D eigenvalue weighted by Crippen LogP contribution is 2.24. The van der Waals surface area contributed by atoms with Crippen LogP contribution >= 0.6 is 23.1 Å². The van der Waals surface area contributed by atoms with Gasteiger partial charge in [0.1, 0.15) is 5.82 Å². The van der Waals surface area contributed by atoms with Crippen LogP contribution in [0.3, 0.4) is 0 Å². The lowest BCUT2D eigenvalue weighted by atomic mass is 10.2. The number of amides is 1. The third kappa shape index (κ3) is 3.87. The Balaban J connectivity index is 1.57. The van der Waals surface area contributed by atoms with Gasteiger partial charge >= 0.3 is 0 Å². The molecule has 7 nitrogen and oxygen atoms in total. The maximum atomic E-state index is 13.9. The van der Waals surface area contributed by atoms with Crippen LogP contribution in [-0.2, 0) is 0 Å². The van der Waals surface area contributed by atoms with Crippen molar-refractivity contribution in [2.75, 3.05) is 5.32 Å². The second-order valence-corrected chi connectivity index (χ2v) is 7.44. The number of benzene rings is 2. The number of anilines is 1. The molecule has 0 fully saturated rings. The topological polar surface area (TPSA) is 85.6 Å². The monoisotopic (exact) mass is 428 g/mol. The number of aryl methyl sites for hydroxylation is 1. The summed E-state index contributed by atoms with van der Waals surface area (Å²) in [5.74, 6) is -0.310. The average Bonchev–Trinajstić information content (AvgIpc) is 3.31. The van der Waals surface area contributed by atoms with E-state index in [1.807, 2.05) is 0 Å². The van der Waals surface area contributed by atoms with E-state index in [9.17, 15) is 9.18 Å². The Hall–Kier alpha value is -3.17. The molecule has 0 aliphatic rings. The quantitative estimate of drug-likeness (QED) is 0.519. The first-order chi connectivity index (χ1) is 13.9. The van der Waals surface area contributed by atoms with E-state index in [2.05, 4.69) is 25.0 Å². The van der Waals surface area contributed by atoms with Crippen molar-refractivity contribution in [1.82, 2.24) is 24.4 Å². The third-order valence-electron chi connectivity index (χ3n) is 4.26. The molecule has 10 heteroatoms. The number of hydrogen-bond donors (Lipinski definition) is 1. The van der Waals surface area contributed by atoms with Crippen LogP contribution in [0.5, 0.6) is 0 Å². The van der Waals surface area contributed by atoms with Crippen molar-refractivity contribution in [2.24, 2.45) is 0 Å². The Morgan fingerprint density at radius 3 is 2.66 bits per heavy atom. The van der Waals surface area contributed by atoms with Gasteiger partial charge in [-0.15, -0.1) is 5.10 Å². The Kier molecular flexibility index (Phi) is 5.08. The first-order valence-corrected chi connectivity index (χ1v) is 9.67. The Morgan fingerprint density at radius 2 is 1.93 bits per heavy atom. The minimum Gasteiger partial charge on any atom is -0.297 e. The zero-order valence-corrected chi connectivity index (χ0v) is 16.9. The van der Waals surface area contributed by atoms with Gasteiger partial charge in [-0.25, -0.2) is 9.07 Å². The summed E-state index contributed by atoms with van der Waals surface area (Å²) in [5.41, 5.74) is 2.66. The normalized spacial score (nSPS) is 10.9. The van der Waals surface area contributed by atoms with Gasteiger partial charge in [-0.2, -0.15) is 9.36 Å². The Morgan fingerprint density at radius 1 is 1.17 bits per heavy atom. The zero-order chi connectivity index (χ0) is 20.5. The van der Waals surface area contributed by atoms with E-state index < -0.39 is 0 Å². The maximum Gasteiger partial charge on any atom is 0.257 e. The van der Waals surface area contributed by atoms with Crippen LogP contribution in [0.15, 0.2) is 42.5 Å². The molecule has 0 aliphatic carbocycles. The van der Waals surface area contributed by atoms with Crippen LogP contribution in [0.1, 0.15) is 21.6 Å². The molecule has 0 aliphatic heterocycles. The number of carbonyl (C=O) groups excluding carboxylic acids is 1. The number of hydrogen-bond acceptors (Lipinski definition) is 6. The van der Waals surface area contributed by atoms with Crippen molar-refractivity contribution in [1.29, 1.82) is 0 Å². The highest BCUT2D eigenvalue weighted by molar-refractivity contribution is 7.10. The Labute approximate surface area is 174 Å². The summed E-state index contributed by atoms with van der Waals surface area (Å²) in [5, 5.41) is 11.8. The average molecular weight is 429 g/mol. The molecule has 1 N–H and O–H groups in total. The molecule has 2 aromatic carbocycles. The van der Waals surface area contributed by atoms with Crippen LogP contribution in [-0.4, -0.2) is 30.3 Å². The summed E-state index contributed by atoms with van der Waals surface area (Å²) in [6.07, 6.45) is 0. The molecule has 0 saturated heterocycles. The van der Waals surface area contributed by atoms with E-state index in [-0.39, 0.29) is 11.7 Å². The number of rotatable bonds is 4. The van der Waals surface area contributed by atoms with Crippen LogP contribution in [0.4, 0.5) is 9.52 Å². The molecule has 29 heavy (non-hydrogen) atoms. The molecule has 1 amide bonds. The van der Waals surface area contributed by atoms with E-state index >= 15 is 0 Å². The molecule has 2 aromatic heterocycles. The molecule has 146 valence electrons. The van der Waals surface area contributed by atoms with Crippen molar-refractivity contribution in [3.8, 4) is 17.2 Å². The molecule has 0 saturated carbocycles. The summed E-state index contributed by atoms with van der Waals surface area (Å²) < 4.78 is 19.7. The number of nitrogens with zero attached hydrogens (tertiary/aromatic N) is 5. The number of halogens is 2.